The minimum Gasteiger partial charge on any atom is -0.493 e. The van der Waals surface area contributed by atoms with E-state index in [4.69, 9.17) is 27.9 Å². The maximum absolute atomic E-state index is 6.03. The zero-order valence-electron chi connectivity index (χ0n) is 16.6. The van der Waals surface area contributed by atoms with Crippen LogP contribution in [0.2, 0.25) is 10.0 Å². The normalized spacial score (nSPS) is 15.1. The van der Waals surface area contributed by atoms with Crippen molar-refractivity contribution in [3.8, 4) is 5.75 Å². The van der Waals surface area contributed by atoms with Gasteiger partial charge in [-0.05, 0) is 43.4 Å². The number of imidazole rings is 1. The summed E-state index contributed by atoms with van der Waals surface area (Å²) in [6, 6.07) is 5.32. The molecule has 0 bridgehead atoms. The maximum Gasteiger partial charge on any atom is 0.193 e. The van der Waals surface area contributed by atoms with Crippen LogP contribution in [0.15, 0.2) is 41.9 Å². The molecule has 0 spiro atoms. The molecule has 1 N–H and O–H groups in total. The number of aryl methyl sites for hydroxylation is 1. The lowest BCUT2D eigenvalue weighted by Gasteiger charge is -2.34. The molecular formula is C20H28Cl2IN5O. The number of benzene rings is 1. The fourth-order valence-corrected chi connectivity index (χ4v) is 3.86. The lowest BCUT2D eigenvalue weighted by molar-refractivity contribution is 0.179. The molecule has 1 saturated heterocycles. The maximum atomic E-state index is 6.03. The van der Waals surface area contributed by atoms with Crippen LogP contribution in [0.3, 0.4) is 0 Å². The fraction of sp³-hybridized carbons (Fsp3) is 0.500. The molecule has 0 radical (unpaired) electrons. The van der Waals surface area contributed by atoms with Crippen molar-refractivity contribution in [3.63, 3.8) is 0 Å². The standard InChI is InChI=1S/C20H27Cl2N5O.HI/c1-23-20(25-5-2-7-26-10-6-24-15-26)27-8-3-16(4-9-27)14-28-19-12-17(21)11-18(22)13-19;/h6,10-13,15-16H,2-5,7-9,14H2,1H3,(H,23,25);1H. The van der Waals surface area contributed by atoms with Gasteiger partial charge in [-0.3, -0.25) is 4.99 Å². The van der Waals surface area contributed by atoms with Gasteiger partial charge in [-0.25, -0.2) is 4.98 Å². The van der Waals surface area contributed by atoms with Crippen LogP contribution in [0, 0.1) is 5.92 Å². The Bertz CT molecular complexity index is 744. The third kappa shape index (κ3) is 7.86. The monoisotopic (exact) mass is 551 g/mol. The summed E-state index contributed by atoms with van der Waals surface area (Å²) in [5.41, 5.74) is 0. The summed E-state index contributed by atoms with van der Waals surface area (Å²) in [5.74, 6) is 2.23. The van der Waals surface area contributed by atoms with Crippen molar-refractivity contribution in [2.45, 2.75) is 25.8 Å². The molecule has 6 nitrogen and oxygen atoms in total. The Morgan fingerprint density at radius 3 is 2.59 bits per heavy atom. The Balaban J connectivity index is 0.00000300. The van der Waals surface area contributed by atoms with Gasteiger partial charge in [0.1, 0.15) is 5.75 Å². The topological polar surface area (TPSA) is 54.7 Å². The molecule has 0 unspecified atom stereocenters. The summed E-state index contributed by atoms with van der Waals surface area (Å²) in [6.07, 6.45) is 8.81. The first kappa shape index (κ1) is 24.1. The first-order valence-corrected chi connectivity index (χ1v) is 10.4. The Labute approximate surface area is 199 Å². The van der Waals surface area contributed by atoms with E-state index in [1.165, 1.54) is 0 Å². The van der Waals surface area contributed by atoms with Crippen LogP contribution in [0.4, 0.5) is 0 Å². The van der Waals surface area contributed by atoms with E-state index in [0.717, 1.165) is 57.2 Å². The third-order valence-electron chi connectivity index (χ3n) is 4.88. The second kappa shape index (κ2) is 12.5. The van der Waals surface area contributed by atoms with Crippen molar-refractivity contribution in [1.29, 1.82) is 0 Å². The Kier molecular flexibility index (Phi) is 10.4. The van der Waals surface area contributed by atoms with Crippen molar-refractivity contribution >= 4 is 53.1 Å². The fourth-order valence-electron chi connectivity index (χ4n) is 3.35. The second-order valence-corrected chi connectivity index (χ2v) is 7.85. The average Bonchev–Trinajstić information content (AvgIpc) is 3.20. The van der Waals surface area contributed by atoms with E-state index in [0.29, 0.717) is 22.6 Å². The molecule has 9 heteroatoms. The van der Waals surface area contributed by atoms with Crippen LogP contribution in [-0.2, 0) is 6.54 Å². The van der Waals surface area contributed by atoms with Crippen molar-refractivity contribution < 1.29 is 4.74 Å². The lowest BCUT2D eigenvalue weighted by atomic mass is 9.98. The lowest BCUT2D eigenvalue weighted by Crippen LogP contribution is -2.46. The van der Waals surface area contributed by atoms with E-state index in [-0.39, 0.29) is 24.0 Å². The van der Waals surface area contributed by atoms with Gasteiger partial charge in [0.2, 0.25) is 0 Å². The van der Waals surface area contributed by atoms with E-state index in [1.54, 1.807) is 24.4 Å². The summed E-state index contributed by atoms with van der Waals surface area (Å²) < 4.78 is 7.99. The minimum atomic E-state index is 0. The number of aromatic nitrogens is 2. The molecule has 29 heavy (non-hydrogen) atoms. The molecule has 1 aliphatic heterocycles. The van der Waals surface area contributed by atoms with Crippen LogP contribution in [0.1, 0.15) is 19.3 Å². The molecule has 0 amide bonds. The molecule has 0 aliphatic carbocycles. The van der Waals surface area contributed by atoms with Gasteiger partial charge in [0.05, 0.1) is 12.9 Å². The predicted octanol–water partition coefficient (Wildman–Crippen LogP) is 4.56. The van der Waals surface area contributed by atoms with Gasteiger partial charge in [-0.1, -0.05) is 23.2 Å². The number of nitrogens with zero attached hydrogens (tertiary/aromatic N) is 4. The molecular weight excluding hydrogens is 524 g/mol. The molecule has 2 heterocycles. The summed E-state index contributed by atoms with van der Waals surface area (Å²) in [4.78, 5) is 10.8. The highest BCUT2D eigenvalue weighted by Gasteiger charge is 2.22. The van der Waals surface area contributed by atoms with Crippen LogP contribution in [-0.4, -0.2) is 53.7 Å². The number of aliphatic imine (C=N–C) groups is 1. The zero-order chi connectivity index (χ0) is 19.8. The quantitative estimate of drug-likeness (QED) is 0.237. The molecule has 160 valence electrons. The highest BCUT2D eigenvalue weighted by Crippen LogP contribution is 2.26. The van der Waals surface area contributed by atoms with Gasteiger partial charge in [0.25, 0.3) is 0 Å². The number of halogens is 3. The number of hydrogen-bond donors (Lipinski definition) is 1. The van der Waals surface area contributed by atoms with Crippen molar-refractivity contribution in [2.75, 3.05) is 33.3 Å². The Hall–Kier alpha value is -1.19. The Morgan fingerprint density at radius 1 is 1.24 bits per heavy atom. The highest BCUT2D eigenvalue weighted by atomic mass is 127. The van der Waals surface area contributed by atoms with E-state index in [9.17, 15) is 0 Å². The minimum absolute atomic E-state index is 0. The van der Waals surface area contributed by atoms with Crippen LogP contribution in [0.25, 0.3) is 0 Å². The third-order valence-corrected chi connectivity index (χ3v) is 5.32. The molecule has 2 aromatic rings. The predicted molar refractivity (Wildman–Crippen MR) is 130 cm³/mol. The molecule has 1 aromatic heterocycles. The van der Waals surface area contributed by atoms with E-state index >= 15 is 0 Å². The van der Waals surface area contributed by atoms with Gasteiger partial charge in [-0.2, -0.15) is 0 Å². The first-order chi connectivity index (χ1) is 13.6. The van der Waals surface area contributed by atoms with E-state index in [1.807, 2.05) is 19.6 Å². The molecule has 0 saturated carbocycles. The highest BCUT2D eigenvalue weighted by molar-refractivity contribution is 14.0. The van der Waals surface area contributed by atoms with Gasteiger partial charge >= 0.3 is 0 Å². The Morgan fingerprint density at radius 2 is 1.97 bits per heavy atom. The smallest absolute Gasteiger partial charge is 0.193 e. The summed E-state index contributed by atoms with van der Waals surface area (Å²) in [7, 11) is 1.84. The van der Waals surface area contributed by atoms with Crippen molar-refractivity contribution in [3.05, 3.63) is 47.0 Å². The van der Waals surface area contributed by atoms with Crippen LogP contribution in [0.5, 0.6) is 5.75 Å². The number of hydrogen-bond acceptors (Lipinski definition) is 3. The van der Waals surface area contributed by atoms with Crippen molar-refractivity contribution in [2.24, 2.45) is 10.9 Å². The molecule has 3 rings (SSSR count). The number of likely N-dealkylation sites (tertiary alicyclic amines) is 1. The number of ether oxygens (including phenoxy) is 1. The molecule has 1 fully saturated rings. The average molecular weight is 552 g/mol. The number of rotatable bonds is 7. The van der Waals surface area contributed by atoms with Gasteiger partial charge in [0.15, 0.2) is 5.96 Å². The zero-order valence-corrected chi connectivity index (χ0v) is 20.4. The van der Waals surface area contributed by atoms with E-state index < -0.39 is 0 Å². The summed E-state index contributed by atoms with van der Waals surface area (Å²) >= 11 is 12.1. The number of guanidine groups is 1. The van der Waals surface area contributed by atoms with Gasteiger partial charge in [0, 0.05) is 55.7 Å². The van der Waals surface area contributed by atoms with Gasteiger partial charge < -0.3 is 19.5 Å². The van der Waals surface area contributed by atoms with Crippen molar-refractivity contribution in [1.82, 2.24) is 19.8 Å². The molecule has 1 aliphatic rings. The largest absolute Gasteiger partial charge is 0.493 e. The SMILES string of the molecule is CN=C(NCCCn1ccnc1)N1CCC(COc2cc(Cl)cc(Cl)c2)CC1.I. The second-order valence-electron chi connectivity index (χ2n) is 6.97. The molecule has 1 aromatic carbocycles. The number of piperidine rings is 1. The first-order valence-electron chi connectivity index (χ1n) is 9.64. The molecule has 0 atom stereocenters. The summed E-state index contributed by atoms with van der Waals surface area (Å²) in [6.45, 7) is 4.48. The number of nitrogens with one attached hydrogen (secondary N) is 1. The van der Waals surface area contributed by atoms with Crippen LogP contribution >= 0.6 is 47.2 Å². The summed E-state index contributed by atoms with van der Waals surface area (Å²) in [5, 5.41) is 4.66. The van der Waals surface area contributed by atoms with Gasteiger partial charge in [-0.15, -0.1) is 24.0 Å². The van der Waals surface area contributed by atoms with E-state index in [2.05, 4.69) is 24.8 Å². The van der Waals surface area contributed by atoms with Crippen LogP contribution < -0.4 is 10.1 Å².